The van der Waals surface area contributed by atoms with Crippen molar-refractivity contribution in [1.29, 1.82) is 0 Å². The second-order valence-electron chi connectivity index (χ2n) is 12.2. The number of hydrogen-bond donors (Lipinski definition) is 8. The van der Waals surface area contributed by atoms with Gasteiger partial charge in [-0.05, 0) is 12.1 Å². The van der Waals surface area contributed by atoms with Gasteiger partial charge in [0, 0.05) is 37.7 Å². The second-order valence-corrected chi connectivity index (χ2v) is 14.8. The zero-order valence-electron chi connectivity index (χ0n) is 27.3. The molecule has 3 saturated heterocycles. The summed E-state index contributed by atoms with van der Waals surface area (Å²) in [6, 6.07) is -0.227. The molecule has 54 heavy (non-hydrogen) atoms. The van der Waals surface area contributed by atoms with Crippen molar-refractivity contribution in [3.8, 4) is 11.5 Å². The van der Waals surface area contributed by atoms with Gasteiger partial charge in [0.05, 0.1) is 23.7 Å². The Labute approximate surface area is 315 Å². The average molecular weight is 810 g/mol. The number of rotatable bonds is 14. The number of phenolic OH excluding ortho intramolecular Hbond substituents is 2. The first-order valence-electron chi connectivity index (χ1n) is 15.6. The molecule has 25 heteroatoms. The molecular weight excluding hydrogens is 782 g/mol. The van der Waals surface area contributed by atoms with Crippen LogP contribution in [-0.2, 0) is 33.6 Å². The van der Waals surface area contributed by atoms with Crippen LogP contribution in [0.2, 0.25) is 5.02 Å². The summed E-state index contributed by atoms with van der Waals surface area (Å²) < 4.78 is 0. The number of β-lactam (4-membered cyclic amide) rings is 1. The van der Waals surface area contributed by atoms with Crippen molar-refractivity contribution < 1.29 is 63.6 Å². The van der Waals surface area contributed by atoms with Crippen LogP contribution in [0.4, 0.5) is 9.93 Å². The number of hydrogen-bond acceptors (Lipinski definition) is 16. The molecule has 22 nitrogen and oxygen atoms in total. The number of amides is 6. The maximum atomic E-state index is 13.4. The summed E-state index contributed by atoms with van der Waals surface area (Å²) >= 11 is 7.49. The summed E-state index contributed by atoms with van der Waals surface area (Å²) in [4.78, 5) is 111. The normalized spacial score (nSPS) is 22.6. The number of thioether (sulfide) groups is 1. The summed E-state index contributed by atoms with van der Waals surface area (Å²) in [7, 11) is 0. The van der Waals surface area contributed by atoms with E-state index in [1.165, 1.54) is 5.38 Å². The van der Waals surface area contributed by atoms with E-state index in [-0.39, 0.29) is 43.3 Å². The zero-order chi connectivity index (χ0) is 39.3. The third-order valence-corrected chi connectivity index (χ3v) is 11.5. The lowest BCUT2D eigenvalue weighted by Crippen LogP contribution is -2.68. The van der Waals surface area contributed by atoms with Crippen LogP contribution in [0.25, 0.3) is 0 Å². The Morgan fingerprint density at radius 1 is 1.07 bits per heavy atom. The fraction of sp³-hybridized carbons (Fsp3) is 0.379. The van der Waals surface area contributed by atoms with Crippen LogP contribution in [-0.4, -0.2) is 141 Å². The number of benzene rings is 1. The van der Waals surface area contributed by atoms with Crippen molar-refractivity contribution >= 4 is 92.9 Å². The van der Waals surface area contributed by atoms with Crippen LogP contribution < -0.4 is 21.8 Å². The number of anilines is 1. The smallest absolute Gasteiger partial charge is 0.350 e. The van der Waals surface area contributed by atoms with Crippen molar-refractivity contribution in [3.05, 3.63) is 33.8 Å². The van der Waals surface area contributed by atoms with Crippen LogP contribution in [0, 0.1) is 0 Å². The first-order chi connectivity index (χ1) is 25.5. The molecule has 4 heterocycles. The topological polar surface area (TPSA) is 324 Å². The summed E-state index contributed by atoms with van der Waals surface area (Å²) in [5, 5.41) is 48.1. The molecule has 0 spiro atoms. The molecule has 1 aliphatic carbocycles. The minimum atomic E-state index is -2.03. The van der Waals surface area contributed by atoms with Gasteiger partial charge in [0.1, 0.15) is 17.1 Å². The molecule has 6 rings (SSSR count). The quantitative estimate of drug-likeness (QED) is 0.0268. The fourth-order valence-corrected chi connectivity index (χ4v) is 8.04. The highest BCUT2D eigenvalue weighted by atomic mass is 35.5. The largest absolute Gasteiger partial charge is 0.504 e. The lowest BCUT2D eigenvalue weighted by atomic mass is 10.1. The number of ketones is 1. The van der Waals surface area contributed by atoms with Gasteiger partial charge in [-0.3, -0.25) is 34.3 Å². The first kappa shape index (κ1) is 37.9. The number of nitrogens with zero attached hydrogens (tertiary/aromatic N) is 5. The van der Waals surface area contributed by atoms with Gasteiger partial charge in [-0.15, -0.1) is 11.3 Å². The highest BCUT2D eigenvalue weighted by molar-refractivity contribution is 8.02. The van der Waals surface area contributed by atoms with E-state index in [0.717, 1.165) is 38.3 Å². The third-order valence-electron chi connectivity index (χ3n) is 8.74. The van der Waals surface area contributed by atoms with Crippen LogP contribution in [0.3, 0.4) is 0 Å². The van der Waals surface area contributed by atoms with E-state index in [0.29, 0.717) is 11.8 Å². The Bertz CT molecular complexity index is 2040. The van der Waals surface area contributed by atoms with Crippen LogP contribution in [0.1, 0.15) is 35.3 Å². The van der Waals surface area contributed by atoms with Crippen molar-refractivity contribution in [2.24, 2.45) is 5.16 Å². The highest BCUT2D eigenvalue weighted by Gasteiger charge is 2.66. The van der Waals surface area contributed by atoms with Gasteiger partial charge >= 0.3 is 18.0 Å². The van der Waals surface area contributed by atoms with Gasteiger partial charge in [-0.2, -0.15) is 0 Å². The van der Waals surface area contributed by atoms with Gasteiger partial charge in [0.15, 0.2) is 22.3 Å². The van der Waals surface area contributed by atoms with E-state index in [4.69, 9.17) is 22.2 Å². The summed E-state index contributed by atoms with van der Waals surface area (Å²) in [5.41, 5.74) is 5.47. The number of oxime groups is 1. The number of aromatic nitrogens is 1. The Morgan fingerprint density at radius 2 is 1.80 bits per heavy atom. The molecule has 0 bridgehead atoms. The number of aromatic hydroxyl groups is 2. The van der Waals surface area contributed by atoms with Crippen LogP contribution >= 0.6 is 34.7 Å². The maximum absolute atomic E-state index is 13.4. The maximum Gasteiger partial charge on any atom is 0.350 e. The van der Waals surface area contributed by atoms with Crippen molar-refractivity contribution in [2.75, 3.05) is 31.9 Å². The van der Waals surface area contributed by atoms with E-state index < -0.39 is 110 Å². The minimum absolute atomic E-state index is 0.0559. The number of carbonyl (C=O) groups is 8. The van der Waals surface area contributed by atoms with Crippen molar-refractivity contribution in [3.63, 3.8) is 0 Å². The monoisotopic (exact) mass is 809 g/mol. The molecular formula is C29H28ClN9O13S2. The van der Waals surface area contributed by atoms with Crippen molar-refractivity contribution in [2.45, 2.75) is 41.2 Å². The number of nitrogens with one attached hydrogen (secondary N) is 3. The number of halogens is 1. The molecule has 9 N–H and O–H groups in total. The molecule has 3 aliphatic heterocycles. The third kappa shape index (κ3) is 6.73. The van der Waals surface area contributed by atoms with Gasteiger partial charge < -0.3 is 46.5 Å². The lowest BCUT2D eigenvalue weighted by molar-refractivity contribution is -0.153. The molecule has 1 aromatic heterocycles. The molecule has 4 fully saturated rings. The number of fused-ring (bicyclic) bond motifs is 1. The van der Waals surface area contributed by atoms with E-state index in [1.54, 1.807) is 0 Å². The Morgan fingerprint density at radius 3 is 2.43 bits per heavy atom. The number of carbonyl (C=O) groups excluding carboxylic acids is 6. The highest BCUT2D eigenvalue weighted by Crippen LogP contribution is 2.49. The number of Topliss-reactive ketones (excluding diaryl/α,β-unsaturated/α-hetero) is 1. The van der Waals surface area contributed by atoms with Gasteiger partial charge in [0.25, 0.3) is 17.6 Å². The van der Waals surface area contributed by atoms with E-state index >= 15 is 0 Å². The number of hydrazine groups is 1. The molecule has 3 atom stereocenters. The summed E-state index contributed by atoms with van der Waals surface area (Å²) in [6.07, 6.45) is -0.132. The molecule has 0 unspecified atom stereocenters. The molecule has 0 radical (unpaired) electrons. The summed E-state index contributed by atoms with van der Waals surface area (Å²) in [6.45, 7) is -1.20. The molecule has 286 valence electrons. The number of aliphatic carboxylic acids is 2. The van der Waals surface area contributed by atoms with E-state index in [9.17, 15) is 58.8 Å². The van der Waals surface area contributed by atoms with Crippen LogP contribution in [0.5, 0.6) is 11.5 Å². The number of phenols is 2. The summed E-state index contributed by atoms with van der Waals surface area (Å²) in [5.74, 6) is -8.95. The van der Waals surface area contributed by atoms with E-state index in [1.807, 2.05) is 0 Å². The molecule has 1 aromatic carbocycles. The Hall–Kier alpha value is -5.88. The van der Waals surface area contributed by atoms with Gasteiger partial charge in [-0.1, -0.05) is 28.5 Å². The van der Waals surface area contributed by atoms with Gasteiger partial charge in [-0.25, -0.2) is 24.4 Å². The Balaban J connectivity index is 1.06. The van der Waals surface area contributed by atoms with Crippen LogP contribution in [0.15, 0.2) is 22.7 Å². The molecule has 4 aliphatic rings. The number of carboxylic acids is 2. The second kappa shape index (κ2) is 14.2. The number of nitrogen functional groups attached to an aromatic ring is 1. The molecule has 2 aromatic rings. The first-order valence-corrected chi connectivity index (χ1v) is 17.8. The van der Waals surface area contributed by atoms with Crippen molar-refractivity contribution in [1.82, 2.24) is 35.9 Å². The standard InChI is InChI=1S/C29H28ClN9O13S2/c30-15-11(1-2-13(40)19(15)43)18(42)21(45)32-6-3-14(41)35-39-8-7-38(27(39)51)29(25(49)50)10-37-22(46)17(23(37)54-29)34-20(44)16(12-9-53-26(31)33-12)36-52-28(4-5-28)24(47)48/h1-2,9,17,23,40,43H,3-8,10H2,(H2,31,33)(H,32,45)(H,34,44)(H,35,41)(H,47,48)(H,49,50)/b36-16-/t17-,23+,29-/m1/s1. The minimum Gasteiger partial charge on any atom is -0.504 e. The lowest BCUT2D eigenvalue weighted by Gasteiger charge is -2.41. The molecule has 1 saturated carbocycles. The fourth-order valence-electron chi connectivity index (χ4n) is 5.61. The number of carboxylic acid groups (broad SMARTS) is 2. The molecule has 6 amide bonds. The average Bonchev–Trinajstić information content (AvgIpc) is 3.47. The predicted octanol–water partition coefficient (Wildman–Crippen LogP) is -1.53. The SMILES string of the molecule is Nc1nc(/C(=N/OC2(C(=O)O)CC2)C(=O)N[C@@H]2C(=O)N3C[C@@](C(=O)O)(N4CCN(NC(=O)CCNC(=O)C(=O)c5ccc(O)c(O)c5Cl)C4=O)S[C@@H]23)cs1. The number of urea groups is 1. The van der Waals surface area contributed by atoms with E-state index in [2.05, 4.69) is 26.2 Å². The number of nitrogens with two attached hydrogens (primary N) is 1. The predicted molar refractivity (Wildman–Crippen MR) is 183 cm³/mol. The van der Waals surface area contributed by atoms with Gasteiger partial charge in [0.2, 0.25) is 22.3 Å². The zero-order valence-corrected chi connectivity index (χ0v) is 29.7. The number of thiazole rings is 1. The Kier molecular flexibility index (Phi) is 9.93.